The molecule has 0 bridgehead atoms. The van der Waals surface area contributed by atoms with Crippen LogP contribution in [0.25, 0.3) is 6.08 Å². The van der Waals surface area contributed by atoms with Crippen LogP contribution in [-0.4, -0.2) is 25.3 Å². The van der Waals surface area contributed by atoms with Crippen molar-refractivity contribution < 1.29 is 19.4 Å². The van der Waals surface area contributed by atoms with E-state index in [1.807, 2.05) is 42.1 Å². The fourth-order valence-electron chi connectivity index (χ4n) is 3.92. The number of ether oxygens (including phenoxy) is 2. The second-order valence-corrected chi connectivity index (χ2v) is 8.65. The Bertz CT molecular complexity index is 1090. The molecule has 3 aromatic carbocycles. The van der Waals surface area contributed by atoms with Crippen LogP contribution in [0.4, 0.5) is 0 Å². The topological polar surface area (TPSA) is 55.8 Å². The van der Waals surface area contributed by atoms with E-state index in [0.29, 0.717) is 5.25 Å². The molecular weight excluding hydrogens is 408 g/mol. The maximum atomic E-state index is 10.8. The van der Waals surface area contributed by atoms with Gasteiger partial charge in [0.15, 0.2) is 0 Å². The number of hydrogen-bond donors (Lipinski definition) is 1. The second-order valence-electron chi connectivity index (χ2n) is 7.41. The lowest BCUT2D eigenvalue weighted by atomic mass is 9.85. The summed E-state index contributed by atoms with van der Waals surface area (Å²) in [6.45, 7) is 0. The summed E-state index contributed by atoms with van der Waals surface area (Å²) in [4.78, 5) is 12.0. The van der Waals surface area contributed by atoms with Gasteiger partial charge in [0, 0.05) is 22.1 Å². The third-order valence-electron chi connectivity index (χ3n) is 5.56. The number of benzene rings is 3. The van der Waals surface area contributed by atoms with Crippen molar-refractivity contribution in [2.75, 3.05) is 14.2 Å². The first-order valence-corrected chi connectivity index (χ1v) is 10.9. The molecule has 4 rings (SSSR count). The first-order chi connectivity index (χ1) is 15.1. The Labute approximate surface area is 186 Å². The van der Waals surface area contributed by atoms with Gasteiger partial charge in [-0.25, -0.2) is 4.79 Å². The fourth-order valence-corrected chi connectivity index (χ4v) is 5.34. The molecule has 0 radical (unpaired) electrons. The van der Waals surface area contributed by atoms with Gasteiger partial charge in [-0.2, -0.15) is 0 Å². The molecular formula is C26H24O4S. The Morgan fingerprint density at radius 1 is 0.935 bits per heavy atom. The van der Waals surface area contributed by atoms with Crippen LogP contribution in [-0.2, 0) is 4.79 Å². The van der Waals surface area contributed by atoms with Gasteiger partial charge in [0.1, 0.15) is 11.5 Å². The quantitative estimate of drug-likeness (QED) is 0.472. The number of methoxy groups -OCH3 is 2. The summed E-state index contributed by atoms with van der Waals surface area (Å²) >= 11 is 1.87. The van der Waals surface area contributed by atoms with Gasteiger partial charge in [-0.3, -0.25) is 0 Å². The van der Waals surface area contributed by atoms with E-state index >= 15 is 0 Å². The van der Waals surface area contributed by atoms with Gasteiger partial charge >= 0.3 is 5.97 Å². The van der Waals surface area contributed by atoms with Crippen molar-refractivity contribution in [1.29, 1.82) is 0 Å². The summed E-state index contributed by atoms with van der Waals surface area (Å²) in [5.74, 6) is 1.01. The lowest BCUT2D eigenvalue weighted by Crippen LogP contribution is -2.12. The van der Waals surface area contributed by atoms with Crippen molar-refractivity contribution in [1.82, 2.24) is 0 Å². The SMILES string of the molecule is COc1ccc(C2CC(c3ccc(/C=C/C(=O)O)cc3)c3ccc(OC)cc3S2)cc1. The van der Waals surface area contributed by atoms with Crippen LogP contribution in [0.5, 0.6) is 11.5 Å². The number of carbonyl (C=O) groups is 1. The minimum atomic E-state index is -0.946. The zero-order valence-corrected chi connectivity index (χ0v) is 18.3. The predicted molar refractivity (Wildman–Crippen MR) is 124 cm³/mol. The van der Waals surface area contributed by atoms with Gasteiger partial charge in [-0.15, -0.1) is 11.8 Å². The number of carboxylic acid groups (broad SMARTS) is 1. The molecule has 1 aliphatic heterocycles. The first-order valence-electron chi connectivity index (χ1n) is 10.1. The molecule has 31 heavy (non-hydrogen) atoms. The number of hydrogen-bond acceptors (Lipinski definition) is 4. The van der Waals surface area contributed by atoms with Gasteiger partial charge in [-0.1, -0.05) is 42.5 Å². The fraction of sp³-hybridized carbons (Fsp3) is 0.192. The minimum absolute atomic E-state index is 0.242. The Morgan fingerprint density at radius 3 is 2.23 bits per heavy atom. The van der Waals surface area contributed by atoms with Crippen LogP contribution in [0.2, 0.25) is 0 Å². The molecule has 5 heteroatoms. The Hall–Kier alpha value is -3.18. The van der Waals surface area contributed by atoms with E-state index in [4.69, 9.17) is 14.6 Å². The average Bonchev–Trinajstić information content (AvgIpc) is 2.82. The van der Waals surface area contributed by atoms with E-state index in [9.17, 15) is 4.79 Å². The van der Waals surface area contributed by atoms with Crippen molar-refractivity contribution in [3.8, 4) is 11.5 Å². The molecule has 2 atom stereocenters. The molecule has 0 aromatic heterocycles. The van der Waals surface area contributed by atoms with Gasteiger partial charge in [0.2, 0.25) is 0 Å². The molecule has 1 aliphatic rings. The van der Waals surface area contributed by atoms with Crippen molar-refractivity contribution in [2.45, 2.75) is 22.5 Å². The smallest absolute Gasteiger partial charge is 0.328 e. The van der Waals surface area contributed by atoms with Crippen molar-refractivity contribution in [3.05, 3.63) is 95.1 Å². The summed E-state index contributed by atoms with van der Waals surface area (Å²) in [6.07, 6.45) is 3.75. The number of fused-ring (bicyclic) bond motifs is 1. The number of rotatable bonds is 6. The molecule has 0 saturated heterocycles. The van der Waals surface area contributed by atoms with Crippen LogP contribution in [0.1, 0.15) is 39.8 Å². The second kappa shape index (κ2) is 9.31. The van der Waals surface area contributed by atoms with Crippen LogP contribution < -0.4 is 9.47 Å². The summed E-state index contributed by atoms with van der Waals surface area (Å²) in [5.41, 5.74) is 4.66. The van der Waals surface area contributed by atoms with E-state index in [1.165, 1.54) is 21.6 Å². The third kappa shape index (κ3) is 4.78. The monoisotopic (exact) mass is 432 g/mol. The zero-order valence-electron chi connectivity index (χ0n) is 17.4. The molecule has 0 saturated carbocycles. The van der Waals surface area contributed by atoms with Gasteiger partial charge in [0.25, 0.3) is 0 Å². The summed E-state index contributed by atoms with van der Waals surface area (Å²) in [7, 11) is 3.37. The zero-order chi connectivity index (χ0) is 21.8. The lowest BCUT2D eigenvalue weighted by molar-refractivity contribution is -0.131. The van der Waals surface area contributed by atoms with Crippen LogP contribution >= 0.6 is 11.8 Å². The average molecular weight is 433 g/mol. The van der Waals surface area contributed by atoms with Gasteiger partial charge in [-0.05, 0) is 59.0 Å². The van der Waals surface area contributed by atoms with E-state index in [2.05, 4.69) is 36.4 Å². The van der Waals surface area contributed by atoms with Gasteiger partial charge in [0.05, 0.1) is 14.2 Å². The highest BCUT2D eigenvalue weighted by Gasteiger charge is 2.30. The van der Waals surface area contributed by atoms with Crippen LogP contribution in [0.3, 0.4) is 0 Å². The summed E-state index contributed by atoms with van der Waals surface area (Å²) < 4.78 is 10.8. The Balaban J connectivity index is 1.69. The molecule has 0 spiro atoms. The molecule has 3 aromatic rings. The van der Waals surface area contributed by atoms with Crippen LogP contribution in [0, 0.1) is 0 Å². The lowest BCUT2D eigenvalue weighted by Gasteiger charge is -2.32. The third-order valence-corrected chi connectivity index (χ3v) is 6.92. The molecule has 4 nitrogen and oxygen atoms in total. The van der Waals surface area contributed by atoms with E-state index in [-0.39, 0.29) is 5.92 Å². The highest BCUT2D eigenvalue weighted by molar-refractivity contribution is 7.99. The molecule has 158 valence electrons. The van der Waals surface area contributed by atoms with E-state index in [1.54, 1.807) is 20.3 Å². The van der Waals surface area contributed by atoms with E-state index in [0.717, 1.165) is 29.6 Å². The standard InChI is InChI=1S/C26H24O4S/c1-29-20-10-8-19(9-11-20)24-16-23(22-13-12-21(30-2)15-25(22)31-24)18-6-3-17(4-7-18)5-14-26(27)28/h3-15,23-24H,16H2,1-2H3,(H,27,28)/b14-5+. The van der Waals surface area contributed by atoms with E-state index < -0.39 is 5.97 Å². The molecule has 0 aliphatic carbocycles. The summed E-state index contributed by atoms with van der Waals surface area (Å²) in [6, 6.07) is 22.7. The van der Waals surface area contributed by atoms with Gasteiger partial charge < -0.3 is 14.6 Å². The van der Waals surface area contributed by atoms with Crippen LogP contribution in [0.15, 0.2) is 77.7 Å². The highest BCUT2D eigenvalue weighted by atomic mass is 32.2. The maximum absolute atomic E-state index is 10.8. The van der Waals surface area contributed by atoms with Crippen molar-refractivity contribution in [3.63, 3.8) is 0 Å². The molecule has 2 unspecified atom stereocenters. The predicted octanol–water partition coefficient (Wildman–Crippen LogP) is 6.17. The first kappa shape index (κ1) is 21.1. The Kier molecular flexibility index (Phi) is 6.33. The number of carboxylic acids is 1. The molecule has 1 N–H and O–H groups in total. The molecule has 0 amide bonds. The summed E-state index contributed by atoms with van der Waals surface area (Å²) in [5, 5.41) is 9.16. The number of thioether (sulfide) groups is 1. The van der Waals surface area contributed by atoms with Crippen molar-refractivity contribution in [2.24, 2.45) is 0 Å². The molecule has 1 heterocycles. The maximum Gasteiger partial charge on any atom is 0.328 e. The normalized spacial score (nSPS) is 17.9. The largest absolute Gasteiger partial charge is 0.497 e. The number of aliphatic carboxylic acids is 1. The molecule has 0 fully saturated rings. The highest BCUT2D eigenvalue weighted by Crippen LogP contribution is 2.52. The van der Waals surface area contributed by atoms with Crippen molar-refractivity contribution >= 4 is 23.8 Å². The minimum Gasteiger partial charge on any atom is -0.497 e. The Morgan fingerprint density at radius 2 is 1.58 bits per heavy atom.